The normalized spacial score (nSPS) is 10.8. The number of halogens is 1. The number of fused-ring (bicyclic) bond motifs is 1. The van der Waals surface area contributed by atoms with Crippen LogP contribution in [0.1, 0.15) is 5.56 Å². The summed E-state index contributed by atoms with van der Waals surface area (Å²) in [4.78, 5) is 9.03. The Bertz CT molecular complexity index is 759. The lowest BCUT2D eigenvalue weighted by molar-refractivity contribution is 1.09. The molecule has 0 aliphatic rings. The molecule has 0 saturated carbocycles. The van der Waals surface area contributed by atoms with Gasteiger partial charge in [-0.05, 0) is 23.8 Å². The largest absolute Gasteiger partial charge is 0.357 e. The first kappa shape index (κ1) is 14.2. The summed E-state index contributed by atoms with van der Waals surface area (Å²) in [5, 5.41) is 5.84. The van der Waals surface area contributed by atoms with Crippen molar-refractivity contribution in [1.82, 2.24) is 9.97 Å². The molecule has 1 aromatic heterocycles. The summed E-state index contributed by atoms with van der Waals surface area (Å²) in [6.45, 7) is 0. The third-order valence-electron chi connectivity index (χ3n) is 3.08. The molecule has 0 saturated heterocycles. The molecular weight excluding hydrogens is 302 g/mol. The number of thioether (sulfide) groups is 1. The highest BCUT2D eigenvalue weighted by atomic mass is 35.5. The Morgan fingerprint density at radius 1 is 1.05 bits per heavy atom. The molecule has 0 amide bonds. The Hall–Kier alpha value is -1.78. The minimum Gasteiger partial charge on any atom is -0.357 e. The van der Waals surface area contributed by atoms with Crippen molar-refractivity contribution < 1.29 is 0 Å². The first-order chi connectivity index (χ1) is 10.3. The molecule has 0 aliphatic carbocycles. The molecular formula is C16H14ClN3S. The van der Waals surface area contributed by atoms with Gasteiger partial charge in [-0.3, -0.25) is 0 Å². The second kappa shape index (κ2) is 6.33. The number of hydrogen-bond donors (Lipinski definition) is 1. The highest BCUT2D eigenvalue weighted by Gasteiger charge is 2.07. The first-order valence-corrected chi connectivity index (χ1v) is 7.94. The van der Waals surface area contributed by atoms with E-state index in [1.165, 1.54) is 5.56 Å². The monoisotopic (exact) mass is 315 g/mol. The smallest absolute Gasteiger partial charge is 0.224 e. The van der Waals surface area contributed by atoms with Gasteiger partial charge in [-0.1, -0.05) is 41.9 Å². The maximum Gasteiger partial charge on any atom is 0.224 e. The van der Waals surface area contributed by atoms with Gasteiger partial charge in [0.2, 0.25) is 5.95 Å². The molecule has 0 spiro atoms. The summed E-state index contributed by atoms with van der Waals surface area (Å²) in [5.74, 6) is 1.49. The quantitative estimate of drug-likeness (QED) is 0.563. The maximum atomic E-state index is 5.91. The van der Waals surface area contributed by atoms with Crippen LogP contribution in [-0.2, 0) is 5.75 Å². The van der Waals surface area contributed by atoms with E-state index in [1.807, 2.05) is 49.5 Å². The zero-order valence-electron chi connectivity index (χ0n) is 11.5. The molecule has 0 unspecified atom stereocenters. The number of aromatic nitrogens is 2. The molecule has 3 nitrogen and oxygen atoms in total. The zero-order valence-corrected chi connectivity index (χ0v) is 13.1. The van der Waals surface area contributed by atoms with Crippen LogP contribution in [0.3, 0.4) is 0 Å². The van der Waals surface area contributed by atoms with Gasteiger partial charge in [-0.25, -0.2) is 9.97 Å². The summed E-state index contributed by atoms with van der Waals surface area (Å²) in [6, 6.07) is 16.0. The topological polar surface area (TPSA) is 37.8 Å². The van der Waals surface area contributed by atoms with Crippen molar-refractivity contribution in [2.45, 2.75) is 10.8 Å². The van der Waals surface area contributed by atoms with Crippen molar-refractivity contribution in [3.63, 3.8) is 0 Å². The van der Waals surface area contributed by atoms with Crippen molar-refractivity contribution in [3.8, 4) is 0 Å². The van der Waals surface area contributed by atoms with Gasteiger partial charge in [-0.2, -0.15) is 0 Å². The lowest BCUT2D eigenvalue weighted by Gasteiger charge is -2.08. The van der Waals surface area contributed by atoms with Gasteiger partial charge in [0.05, 0.1) is 5.52 Å². The average Bonchev–Trinajstić information content (AvgIpc) is 2.53. The fourth-order valence-electron chi connectivity index (χ4n) is 2.00. The van der Waals surface area contributed by atoms with E-state index in [0.29, 0.717) is 5.95 Å². The molecule has 2 aromatic carbocycles. The zero-order chi connectivity index (χ0) is 14.7. The molecule has 0 bridgehead atoms. The number of rotatable bonds is 4. The van der Waals surface area contributed by atoms with E-state index in [2.05, 4.69) is 21.4 Å². The number of nitrogens with zero attached hydrogens (tertiary/aromatic N) is 2. The van der Waals surface area contributed by atoms with Gasteiger partial charge < -0.3 is 5.32 Å². The number of anilines is 1. The van der Waals surface area contributed by atoms with Crippen LogP contribution in [-0.4, -0.2) is 17.0 Å². The second-order valence-corrected chi connectivity index (χ2v) is 5.94. The third kappa shape index (κ3) is 3.28. The van der Waals surface area contributed by atoms with Gasteiger partial charge >= 0.3 is 0 Å². The molecule has 0 fully saturated rings. The van der Waals surface area contributed by atoms with Crippen molar-refractivity contribution >= 4 is 40.2 Å². The molecule has 5 heteroatoms. The molecule has 0 atom stereocenters. The number of para-hydroxylation sites is 1. The summed E-state index contributed by atoms with van der Waals surface area (Å²) in [6.07, 6.45) is 0. The van der Waals surface area contributed by atoms with E-state index < -0.39 is 0 Å². The minimum absolute atomic E-state index is 0.646. The standard InChI is InChI=1S/C16H14ClN3S/c1-18-16-19-14-5-3-2-4-13(14)15(20-16)21-10-11-6-8-12(17)9-7-11/h2-9H,10H2,1H3,(H,18,19,20). The number of hydrogen-bond acceptors (Lipinski definition) is 4. The predicted octanol–water partition coefficient (Wildman–Crippen LogP) is 4.62. The van der Waals surface area contributed by atoms with E-state index in [9.17, 15) is 0 Å². The predicted molar refractivity (Wildman–Crippen MR) is 90.1 cm³/mol. The van der Waals surface area contributed by atoms with Crippen LogP contribution in [0.2, 0.25) is 5.02 Å². The Balaban J connectivity index is 1.90. The second-order valence-electron chi connectivity index (χ2n) is 4.53. The Morgan fingerprint density at radius 3 is 2.57 bits per heavy atom. The van der Waals surface area contributed by atoms with Gasteiger partial charge in [0.15, 0.2) is 0 Å². The lowest BCUT2D eigenvalue weighted by Crippen LogP contribution is -1.98. The average molecular weight is 316 g/mol. The molecule has 1 N–H and O–H groups in total. The summed E-state index contributed by atoms with van der Waals surface area (Å²) in [7, 11) is 1.83. The van der Waals surface area contributed by atoms with Crippen LogP contribution < -0.4 is 5.32 Å². The molecule has 106 valence electrons. The van der Waals surface area contributed by atoms with E-state index >= 15 is 0 Å². The molecule has 21 heavy (non-hydrogen) atoms. The van der Waals surface area contributed by atoms with Crippen LogP contribution >= 0.6 is 23.4 Å². The highest BCUT2D eigenvalue weighted by molar-refractivity contribution is 7.98. The maximum absolute atomic E-state index is 5.91. The Labute approximate surface area is 132 Å². The third-order valence-corrected chi connectivity index (χ3v) is 4.39. The highest BCUT2D eigenvalue weighted by Crippen LogP contribution is 2.29. The Morgan fingerprint density at radius 2 is 1.81 bits per heavy atom. The van der Waals surface area contributed by atoms with Crippen molar-refractivity contribution in [2.75, 3.05) is 12.4 Å². The van der Waals surface area contributed by atoms with Crippen molar-refractivity contribution in [3.05, 3.63) is 59.1 Å². The van der Waals surface area contributed by atoms with Crippen LogP contribution in [0.15, 0.2) is 53.6 Å². The van der Waals surface area contributed by atoms with E-state index in [0.717, 1.165) is 26.7 Å². The van der Waals surface area contributed by atoms with Crippen LogP contribution in [0.25, 0.3) is 10.9 Å². The molecule has 3 aromatic rings. The lowest BCUT2D eigenvalue weighted by atomic mass is 10.2. The summed E-state index contributed by atoms with van der Waals surface area (Å²) < 4.78 is 0. The van der Waals surface area contributed by atoms with Crippen LogP contribution in [0.4, 0.5) is 5.95 Å². The van der Waals surface area contributed by atoms with Crippen LogP contribution in [0, 0.1) is 0 Å². The van der Waals surface area contributed by atoms with Crippen molar-refractivity contribution in [2.24, 2.45) is 0 Å². The molecule has 0 radical (unpaired) electrons. The summed E-state index contributed by atoms with van der Waals surface area (Å²) >= 11 is 7.62. The van der Waals surface area contributed by atoms with Gasteiger partial charge in [-0.15, -0.1) is 11.8 Å². The van der Waals surface area contributed by atoms with Gasteiger partial charge in [0.25, 0.3) is 0 Å². The number of benzene rings is 2. The number of nitrogens with one attached hydrogen (secondary N) is 1. The van der Waals surface area contributed by atoms with Gasteiger partial charge in [0.1, 0.15) is 5.03 Å². The van der Waals surface area contributed by atoms with Crippen molar-refractivity contribution in [1.29, 1.82) is 0 Å². The molecule has 0 aliphatic heterocycles. The molecule has 1 heterocycles. The van der Waals surface area contributed by atoms with Gasteiger partial charge in [0, 0.05) is 23.2 Å². The van der Waals surface area contributed by atoms with E-state index in [-0.39, 0.29) is 0 Å². The SMILES string of the molecule is CNc1nc(SCc2ccc(Cl)cc2)c2ccccc2n1. The first-order valence-electron chi connectivity index (χ1n) is 6.58. The Kier molecular flexibility index (Phi) is 4.27. The molecule has 3 rings (SSSR count). The minimum atomic E-state index is 0.646. The summed E-state index contributed by atoms with van der Waals surface area (Å²) in [5.41, 5.74) is 2.17. The van der Waals surface area contributed by atoms with E-state index in [4.69, 9.17) is 11.6 Å². The van der Waals surface area contributed by atoms with E-state index in [1.54, 1.807) is 11.8 Å². The fraction of sp³-hybridized carbons (Fsp3) is 0.125. The fourth-order valence-corrected chi connectivity index (χ4v) is 3.10. The van der Waals surface area contributed by atoms with Crippen LogP contribution in [0.5, 0.6) is 0 Å².